The third-order valence-corrected chi connectivity index (χ3v) is 3.63. The Kier molecular flexibility index (Phi) is 4.40. The fourth-order valence-electron chi connectivity index (χ4n) is 1.95. The zero-order valence-electron chi connectivity index (χ0n) is 9.82. The third kappa shape index (κ3) is 2.85. The molecule has 2 rings (SSSR count). The number of ether oxygens (including phenoxy) is 1. The topological polar surface area (TPSA) is 12.5 Å². The molecule has 1 aliphatic rings. The summed E-state index contributed by atoms with van der Waals surface area (Å²) < 4.78 is 5.74. The van der Waals surface area contributed by atoms with Gasteiger partial charge in [-0.05, 0) is 24.3 Å². The van der Waals surface area contributed by atoms with Crippen LogP contribution >= 0.6 is 11.8 Å². The van der Waals surface area contributed by atoms with Gasteiger partial charge in [-0.3, -0.25) is 0 Å². The van der Waals surface area contributed by atoms with Crippen LogP contribution in [0.1, 0.15) is 13.3 Å². The van der Waals surface area contributed by atoms with Crippen molar-refractivity contribution in [3.8, 4) is 5.75 Å². The van der Waals surface area contributed by atoms with Crippen LogP contribution in [-0.4, -0.2) is 31.2 Å². The highest BCUT2D eigenvalue weighted by Gasteiger charge is 2.14. The number of benzene rings is 1. The van der Waals surface area contributed by atoms with E-state index in [1.54, 1.807) is 0 Å². The molecular weight excluding hydrogens is 218 g/mol. The standard InChI is InChI=1S/C13H19NOS/c1-2-16-11-9-14-8-5-10-15-13-7-4-3-6-12(13)14/h3-4,6-7H,2,5,8-11H2,1H3. The molecule has 0 aromatic heterocycles. The van der Waals surface area contributed by atoms with Crippen molar-refractivity contribution in [3.63, 3.8) is 0 Å². The molecule has 2 nitrogen and oxygen atoms in total. The molecule has 0 N–H and O–H groups in total. The lowest BCUT2D eigenvalue weighted by molar-refractivity contribution is 0.322. The highest BCUT2D eigenvalue weighted by Crippen LogP contribution is 2.30. The van der Waals surface area contributed by atoms with Crippen LogP contribution in [0.3, 0.4) is 0 Å². The van der Waals surface area contributed by atoms with E-state index in [0.717, 1.165) is 31.9 Å². The predicted octanol–water partition coefficient (Wildman–Crippen LogP) is 3.03. The van der Waals surface area contributed by atoms with Crippen LogP contribution in [0.4, 0.5) is 5.69 Å². The molecule has 1 aliphatic heterocycles. The number of fused-ring (bicyclic) bond motifs is 1. The van der Waals surface area contributed by atoms with Crippen molar-refractivity contribution in [2.24, 2.45) is 0 Å². The number of anilines is 1. The van der Waals surface area contributed by atoms with Crippen molar-refractivity contribution in [1.29, 1.82) is 0 Å². The zero-order valence-corrected chi connectivity index (χ0v) is 10.6. The summed E-state index contributed by atoms with van der Waals surface area (Å²) >= 11 is 2.00. The van der Waals surface area contributed by atoms with Crippen LogP contribution in [0.5, 0.6) is 5.75 Å². The van der Waals surface area contributed by atoms with Crippen molar-refractivity contribution in [2.45, 2.75) is 13.3 Å². The van der Waals surface area contributed by atoms with Crippen molar-refractivity contribution < 1.29 is 4.74 Å². The molecule has 0 radical (unpaired) electrons. The van der Waals surface area contributed by atoms with E-state index in [1.165, 1.54) is 17.2 Å². The number of para-hydroxylation sites is 2. The molecule has 0 saturated heterocycles. The van der Waals surface area contributed by atoms with Crippen LogP contribution in [0.2, 0.25) is 0 Å². The van der Waals surface area contributed by atoms with Crippen LogP contribution in [0.15, 0.2) is 24.3 Å². The lowest BCUT2D eigenvalue weighted by Gasteiger charge is -2.23. The molecule has 0 saturated carbocycles. The first kappa shape index (κ1) is 11.6. The van der Waals surface area contributed by atoms with Gasteiger partial charge >= 0.3 is 0 Å². The molecule has 88 valence electrons. The smallest absolute Gasteiger partial charge is 0.142 e. The van der Waals surface area contributed by atoms with Gasteiger partial charge in [0, 0.05) is 18.8 Å². The summed E-state index contributed by atoms with van der Waals surface area (Å²) in [7, 11) is 0. The summed E-state index contributed by atoms with van der Waals surface area (Å²) in [6.07, 6.45) is 1.12. The minimum Gasteiger partial charge on any atom is -0.491 e. The maximum absolute atomic E-state index is 5.74. The van der Waals surface area contributed by atoms with E-state index >= 15 is 0 Å². The summed E-state index contributed by atoms with van der Waals surface area (Å²) in [6.45, 7) is 5.29. The van der Waals surface area contributed by atoms with Gasteiger partial charge in [-0.25, -0.2) is 0 Å². The molecule has 0 aliphatic carbocycles. The molecular formula is C13H19NOS. The quantitative estimate of drug-likeness (QED) is 0.747. The maximum atomic E-state index is 5.74. The molecule has 0 bridgehead atoms. The Morgan fingerprint density at radius 1 is 1.38 bits per heavy atom. The maximum Gasteiger partial charge on any atom is 0.142 e. The molecule has 1 aromatic carbocycles. The molecule has 0 amide bonds. The van der Waals surface area contributed by atoms with Crippen LogP contribution in [0, 0.1) is 0 Å². The van der Waals surface area contributed by atoms with Crippen molar-refractivity contribution in [3.05, 3.63) is 24.3 Å². The minimum absolute atomic E-state index is 0.842. The van der Waals surface area contributed by atoms with E-state index in [9.17, 15) is 0 Å². The minimum atomic E-state index is 0.842. The fraction of sp³-hybridized carbons (Fsp3) is 0.538. The second-order valence-electron chi connectivity index (χ2n) is 3.85. The van der Waals surface area contributed by atoms with Gasteiger partial charge in [-0.2, -0.15) is 11.8 Å². The lowest BCUT2D eigenvalue weighted by Crippen LogP contribution is -2.26. The van der Waals surface area contributed by atoms with E-state index in [-0.39, 0.29) is 0 Å². The Bertz CT molecular complexity index is 329. The van der Waals surface area contributed by atoms with Gasteiger partial charge in [-0.15, -0.1) is 0 Å². The van der Waals surface area contributed by atoms with E-state index < -0.39 is 0 Å². The van der Waals surface area contributed by atoms with Crippen LogP contribution in [0.25, 0.3) is 0 Å². The molecule has 16 heavy (non-hydrogen) atoms. The largest absolute Gasteiger partial charge is 0.491 e. The van der Waals surface area contributed by atoms with Gasteiger partial charge in [0.05, 0.1) is 12.3 Å². The van der Waals surface area contributed by atoms with Gasteiger partial charge in [0.1, 0.15) is 5.75 Å². The molecule has 0 spiro atoms. The monoisotopic (exact) mass is 237 g/mol. The third-order valence-electron chi connectivity index (χ3n) is 2.75. The highest BCUT2D eigenvalue weighted by molar-refractivity contribution is 7.99. The fourth-order valence-corrected chi connectivity index (χ4v) is 2.59. The van der Waals surface area contributed by atoms with Crippen LogP contribution < -0.4 is 9.64 Å². The molecule has 3 heteroatoms. The summed E-state index contributed by atoms with van der Waals surface area (Å²) in [5.41, 5.74) is 1.26. The van der Waals surface area contributed by atoms with Crippen molar-refractivity contribution in [1.82, 2.24) is 0 Å². The normalized spacial score (nSPS) is 15.2. The number of hydrogen-bond acceptors (Lipinski definition) is 3. The Morgan fingerprint density at radius 2 is 2.25 bits per heavy atom. The van der Waals surface area contributed by atoms with E-state index in [2.05, 4.69) is 30.0 Å². The Hall–Kier alpha value is -0.830. The second kappa shape index (κ2) is 6.04. The van der Waals surface area contributed by atoms with Gasteiger partial charge in [0.15, 0.2) is 0 Å². The first-order chi connectivity index (χ1) is 7.92. The molecule has 1 heterocycles. The van der Waals surface area contributed by atoms with E-state index in [0.29, 0.717) is 0 Å². The van der Waals surface area contributed by atoms with Gasteiger partial charge in [-0.1, -0.05) is 19.1 Å². The van der Waals surface area contributed by atoms with E-state index in [4.69, 9.17) is 4.74 Å². The predicted molar refractivity (Wildman–Crippen MR) is 71.8 cm³/mol. The molecule has 0 fully saturated rings. The summed E-state index contributed by atoms with van der Waals surface area (Å²) in [6, 6.07) is 8.37. The number of thioether (sulfide) groups is 1. The Balaban J connectivity index is 2.06. The highest BCUT2D eigenvalue weighted by atomic mass is 32.2. The Labute approximate surface area is 102 Å². The lowest BCUT2D eigenvalue weighted by atomic mass is 10.2. The number of hydrogen-bond donors (Lipinski definition) is 0. The van der Waals surface area contributed by atoms with Crippen molar-refractivity contribution in [2.75, 3.05) is 36.1 Å². The van der Waals surface area contributed by atoms with Gasteiger partial charge < -0.3 is 9.64 Å². The first-order valence-corrected chi connectivity index (χ1v) is 7.12. The zero-order chi connectivity index (χ0) is 11.2. The average Bonchev–Trinajstić information content (AvgIpc) is 2.52. The van der Waals surface area contributed by atoms with E-state index in [1.807, 2.05) is 17.8 Å². The second-order valence-corrected chi connectivity index (χ2v) is 5.25. The summed E-state index contributed by atoms with van der Waals surface area (Å²) in [5.74, 6) is 3.44. The first-order valence-electron chi connectivity index (χ1n) is 5.96. The number of rotatable bonds is 4. The van der Waals surface area contributed by atoms with Crippen molar-refractivity contribution >= 4 is 17.4 Å². The molecule has 0 atom stereocenters. The van der Waals surface area contributed by atoms with Gasteiger partial charge in [0.25, 0.3) is 0 Å². The SMILES string of the molecule is CCSCCN1CCCOc2ccccc21. The average molecular weight is 237 g/mol. The molecule has 0 unspecified atom stereocenters. The summed E-state index contributed by atoms with van der Waals surface area (Å²) in [5, 5.41) is 0. The van der Waals surface area contributed by atoms with Gasteiger partial charge in [0.2, 0.25) is 0 Å². The Morgan fingerprint density at radius 3 is 3.12 bits per heavy atom. The summed E-state index contributed by atoms with van der Waals surface area (Å²) in [4.78, 5) is 2.45. The molecule has 1 aromatic rings. The number of nitrogens with zero attached hydrogens (tertiary/aromatic N) is 1. The van der Waals surface area contributed by atoms with Crippen LogP contribution in [-0.2, 0) is 0 Å².